The minimum absolute atomic E-state index is 0.0132. The molecule has 0 bridgehead atoms. The Bertz CT molecular complexity index is 486. The van der Waals surface area contributed by atoms with Crippen LogP contribution in [0.3, 0.4) is 0 Å². The highest BCUT2D eigenvalue weighted by Crippen LogP contribution is 2.16. The van der Waals surface area contributed by atoms with Gasteiger partial charge in [-0.15, -0.1) is 0 Å². The van der Waals surface area contributed by atoms with E-state index in [0.717, 1.165) is 18.4 Å². The zero-order chi connectivity index (χ0) is 14.5. The summed E-state index contributed by atoms with van der Waals surface area (Å²) in [5.41, 5.74) is 1.06. The third kappa shape index (κ3) is 3.27. The van der Waals surface area contributed by atoms with E-state index in [0.29, 0.717) is 13.1 Å². The smallest absolute Gasteiger partial charge is 0.335 e. The predicted molar refractivity (Wildman–Crippen MR) is 72.5 cm³/mol. The van der Waals surface area contributed by atoms with Crippen molar-refractivity contribution >= 4 is 12.0 Å². The number of nitrogens with zero attached hydrogens (tertiary/aromatic N) is 1. The molecule has 6 heteroatoms. The fourth-order valence-electron chi connectivity index (χ4n) is 2.34. The van der Waals surface area contributed by atoms with Gasteiger partial charge in [0, 0.05) is 13.1 Å². The van der Waals surface area contributed by atoms with Gasteiger partial charge in [0.05, 0.1) is 18.2 Å². The first-order valence-corrected chi connectivity index (χ1v) is 6.59. The molecule has 1 saturated heterocycles. The summed E-state index contributed by atoms with van der Waals surface area (Å²) < 4.78 is 0. The van der Waals surface area contributed by atoms with E-state index >= 15 is 0 Å². The summed E-state index contributed by atoms with van der Waals surface area (Å²) in [6.07, 6.45) is 1.74. The summed E-state index contributed by atoms with van der Waals surface area (Å²) in [5.74, 6) is -0.969. The summed E-state index contributed by atoms with van der Waals surface area (Å²) in [6, 6.07) is 6.09. The molecule has 1 aromatic rings. The Kier molecular flexibility index (Phi) is 4.57. The van der Waals surface area contributed by atoms with Crippen LogP contribution in [-0.2, 0) is 6.54 Å². The Morgan fingerprint density at radius 3 is 2.60 bits per heavy atom. The molecule has 0 unspecified atom stereocenters. The van der Waals surface area contributed by atoms with E-state index in [1.54, 1.807) is 17.0 Å². The lowest BCUT2D eigenvalue weighted by atomic mass is 10.1. The minimum Gasteiger partial charge on any atom is -0.478 e. The molecule has 2 amide bonds. The first-order chi connectivity index (χ1) is 9.61. The summed E-state index contributed by atoms with van der Waals surface area (Å²) in [5, 5.41) is 20.8. The molecule has 0 saturated carbocycles. The lowest BCUT2D eigenvalue weighted by molar-refractivity contribution is 0.0697. The van der Waals surface area contributed by atoms with Crippen LogP contribution < -0.4 is 5.32 Å². The van der Waals surface area contributed by atoms with E-state index in [-0.39, 0.29) is 24.2 Å². The van der Waals surface area contributed by atoms with E-state index in [1.807, 2.05) is 0 Å². The molecule has 20 heavy (non-hydrogen) atoms. The lowest BCUT2D eigenvalue weighted by Crippen LogP contribution is -2.43. The topological polar surface area (TPSA) is 89.9 Å². The number of hydrogen-bond acceptors (Lipinski definition) is 3. The van der Waals surface area contributed by atoms with Crippen molar-refractivity contribution in [3.8, 4) is 0 Å². The maximum Gasteiger partial charge on any atom is 0.335 e. The van der Waals surface area contributed by atoms with Crippen LogP contribution >= 0.6 is 0 Å². The Morgan fingerprint density at radius 2 is 2.00 bits per heavy atom. The minimum atomic E-state index is -0.969. The molecule has 1 aromatic carbocycles. The zero-order valence-electron chi connectivity index (χ0n) is 11.1. The molecule has 3 N–H and O–H groups in total. The molecule has 1 aliphatic heterocycles. The van der Waals surface area contributed by atoms with Crippen molar-refractivity contribution in [3.05, 3.63) is 35.4 Å². The quantitative estimate of drug-likeness (QED) is 0.768. The van der Waals surface area contributed by atoms with E-state index in [4.69, 9.17) is 5.11 Å². The van der Waals surface area contributed by atoms with Gasteiger partial charge in [-0.2, -0.15) is 0 Å². The van der Waals surface area contributed by atoms with Crippen molar-refractivity contribution in [2.75, 3.05) is 13.2 Å². The number of nitrogens with one attached hydrogen (secondary N) is 1. The van der Waals surface area contributed by atoms with Crippen LogP contribution in [0, 0.1) is 0 Å². The predicted octanol–water partition coefficient (Wildman–Crippen LogP) is 1.05. The molecular formula is C14H18N2O4. The maximum absolute atomic E-state index is 12.0. The number of aliphatic hydroxyl groups is 1. The monoisotopic (exact) mass is 278 g/mol. The first-order valence-electron chi connectivity index (χ1n) is 6.59. The van der Waals surface area contributed by atoms with Gasteiger partial charge in [0.1, 0.15) is 0 Å². The third-order valence-corrected chi connectivity index (χ3v) is 3.49. The van der Waals surface area contributed by atoms with E-state index in [2.05, 4.69) is 5.32 Å². The van der Waals surface area contributed by atoms with Crippen LogP contribution in [0.5, 0.6) is 0 Å². The van der Waals surface area contributed by atoms with Crippen LogP contribution in [0.2, 0.25) is 0 Å². The summed E-state index contributed by atoms with van der Waals surface area (Å²) in [4.78, 5) is 24.3. The Morgan fingerprint density at radius 1 is 1.30 bits per heavy atom. The number of aliphatic hydroxyl groups excluding tert-OH is 1. The number of amides is 2. The fraction of sp³-hybridized carbons (Fsp3) is 0.429. The van der Waals surface area contributed by atoms with Crippen molar-refractivity contribution < 1.29 is 19.8 Å². The van der Waals surface area contributed by atoms with Crippen LogP contribution in [0.4, 0.5) is 4.79 Å². The normalized spacial score (nSPS) is 18.1. The molecule has 1 fully saturated rings. The molecule has 1 aliphatic rings. The molecule has 1 heterocycles. The van der Waals surface area contributed by atoms with Gasteiger partial charge in [-0.25, -0.2) is 9.59 Å². The molecule has 0 aliphatic carbocycles. The number of hydrogen-bond donors (Lipinski definition) is 3. The van der Waals surface area contributed by atoms with Crippen LogP contribution in [0.1, 0.15) is 28.8 Å². The van der Waals surface area contributed by atoms with Gasteiger partial charge in [-0.3, -0.25) is 0 Å². The maximum atomic E-state index is 12.0. The summed E-state index contributed by atoms with van der Waals surface area (Å²) in [6.45, 7) is 0.989. The van der Waals surface area contributed by atoms with Gasteiger partial charge in [0.25, 0.3) is 0 Å². The number of carboxylic acids is 1. The summed E-state index contributed by atoms with van der Waals surface area (Å²) >= 11 is 0. The standard InChI is InChI=1S/C14H18N2O4/c17-9-12-2-1-7-16(12)14(20)15-8-10-3-5-11(6-4-10)13(18)19/h3-6,12,17H,1-2,7-9H2,(H,15,20)(H,18,19)/t12-/m1/s1. The molecule has 108 valence electrons. The van der Waals surface area contributed by atoms with Gasteiger partial charge in [0.2, 0.25) is 0 Å². The average molecular weight is 278 g/mol. The van der Waals surface area contributed by atoms with E-state index < -0.39 is 5.97 Å². The number of urea groups is 1. The second-order valence-corrected chi connectivity index (χ2v) is 4.83. The lowest BCUT2D eigenvalue weighted by Gasteiger charge is -2.23. The number of carbonyl (C=O) groups excluding carboxylic acids is 1. The zero-order valence-corrected chi connectivity index (χ0v) is 11.1. The number of benzene rings is 1. The van der Waals surface area contributed by atoms with Crippen LogP contribution in [-0.4, -0.2) is 46.3 Å². The number of likely N-dealkylation sites (tertiary alicyclic amines) is 1. The fourth-order valence-corrected chi connectivity index (χ4v) is 2.34. The number of rotatable bonds is 4. The molecule has 6 nitrogen and oxygen atoms in total. The number of carboxylic acid groups (broad SMARTS) is 1. The Hall–Kier alpha value is -2.08. The Labute approximate surface area is 117 Å². The second-order valence-electron chi connectivity index (χ2n) is 4.83. The van der Waals surface area contributed by atoms with E-state index in [9.17, 15) is 14.7 Å². The molecule has 0 aromatic heterocycles. The summed E-state index contributed by atoms with van der Waals surface area (Å²) in [7, 11) is 0. The van der Waals surface area contributed by atoms with Crippen LogP contribution in [0.15, 0.2) is 24.3 Å². The van der Waals surface area contributed by atoms with Crippen molar-refractivity contribution in [2.45, 2.75) is 25.4 Å². The van der Waals surface area contributed by atoms with Crippen LogP contribution in [0.25, 0.3) is 0 Å². The number of carbonyl (C=O) groups is 2. The third-order valence-electron chi connectivity index (χ3n) is 3.49. The van der Waals surface area contributed by atoms with Crippen molar-refractivity contribution in [3.63, 3.8) is 0 Å². The molecule has 0 spiro atoms. The van der Waals surface area contributed by atoms with Crippen molar-refractivity contribution in [1.29, 1.82) is 0 Å². The largest absolute Gasteiger partial charge is 0.478 e. The Balaban J connectivity index is 1.88. The molecule has 2 rings (SSSR count). The highest BCUT2D eigenvalue weighted by molar-refractivity contribution is 5.87. The first kappa shape index (κ1) is 14.3. The van der Waals surface area contributed by atoms with Gasteiger partial charge in [-0.1, -0.05) is 12.1 Å². The van der Waals surface area contributed by atoms with Crippen molar-refractivity contribution in [1.82, 2.24) is 10.2 Å². The highest BCUT2D eigenvalue weighted by Gasteiger charge is 2.27. The van der Waals surface area contributed by atoms with E-state index in [1.165, 1.54) is 12.1 Å². The molecule has 0 radical (unpaired) electrons. The average Bonchev–Trinajstić information content (AvgIpc) is 2.93. The SMILES string of the molecule is O=C(O)c1ccc(CNC(=O)N2CCC[C@@H]2CO)cc1. The van der Waals surface area contributed by atoms with Gasteiger partial charge < -0.3 is 20.4 Å². The molecular weight excluding hydrogens is 260 g/mol. The van der Waals surface area contributed by atoms with Gasteiger partial charge in [0.15, 0.2) is 0 Å². The van der Waals surface area contributed by atoms with Gasteiger partial charge >= 0.3 is 12.0 Å². The molecule has 1 atom stereocenters. The van der Waals surface area contributed by atoms with Gasteiger partial charge in [-0.05, 0) is 30.5 Å². The van der Waals surface area contributed by atoms with Crippen molar-refractivity contribution in [2.24, 2.45) is 0 Å². The second kappa shape index (κ2) is 6.38. The highest BCUT2D eigenvalue weighted by atomic mass is 16.4. The number of aromatic carboxylic acids is 1.